The van der Waals surface area contributed by atoms with Crippen molar-refractivity contribution >= 4 is 39.0 Å². The van der Waals surface area contributed by atoms with Gasteiger partial charge in [0.15, 0.2) is 0 Å². The summed E-state index contributed by atoms with van der Waals surface area (Å²) in [5, 5.41) is 2.57. The Morgan fingerprint density at radius 1 is 1.12 bits per heavy atom. The van der Waals surface area contributed by atoms with Crippen LogP contribution in [0.25, 0.3) is 0 Å². The first-order valence-corrected chi connectivity index (χ1v) is 9.95. The molecule has 1 aliphatic rings. The maximum Gasteiger partial charge on any atom is 0.243 e. The van der Waals surface area contributed by atoms with Crippen LogP contribution in [0.4, 0.5) is 11.5 Å². The van der Waals surface area contributed by atoms with Crippen molar-refractivity contribution in [2.75, 3.05) is 42.3 Å². The molecule has 0 spiro atoms. The number of sulfonamides is 1. The quantitative estimate of drug-likeness (QED) is 0.763. The fourth-order valence-electron chi connectivity index (χ4n) is 2.67. The molecule has 26 heavy (non-hydrogen) atoms. The number of anilines is 2. The van der Waals surface area contributed by atoms with E-state index < -0.39 is 10.0 Å². The predicted molar refractivity (Wildman–Crippen MR) is 98.8 cm³/mol. The number of piperazine rings is 1. The van der Waals surface area contributed by atoms with Crippen molar-refractivity contribution in [2.45, 2.75) is 4.90 Å². The van der Waals surface area contributed by atoms with E-state index in [9.17, 15) is 13.2 Å². The van der Waals surface area contributed by atoms with Gasteiger partial charge in [0.25, 0.3) is 0 Å². The molecular formula is C16H18ClN5O3S. The van der Waals surface area contributed by atoms with E-state index in [0.29, 0.717) is 31.9 Å². The van der Waals surface area contributed by atoms with Gasteiger partial charge in [-0.15, -0.1) is 11.6 Å². The molecule has 1 amide bonds. The standard InChI is InChI=1S/C16H18ClN5O3S/c17-11-16(23)20-13-1-3-14(4-2-13)26(24,25)22-9-7-21(8-10-22)15-12-18-5-6-19-15/h1-6,12H,7-11H2,(H,20,23). The molecule has 8 nitrogen and oxygen atoms in total. The third-order valence-corrected chi connectivity index (χ3v) is 6.17. The summed E-state index contributed by atoms with van der Waals surface area (Å²) in [6.45, 7) is 1.82. The number of amides is 1. The summed E-state index contributed by atoms with van der Waals surface area (Å²) in [7, 11) is -3.59. The fraction of sp³-hybridized carbons (Fsp3) is 0.312. The second-order valence-corrected chi connectivity index (χ2v) is 7.87. The highest BCUT2D eigenvalue weighted by Crippen LogP contribution is 2.21. The fourth-order valence-corrected chi connectivity index (χ4v) is 4.15. The first kappa shape index (κ1) is 18.6. The minimum atomic E-state index is -3.59. The maximum atomic E-state index is 12.8. The number of benzene rings is 1. The lowest BCUT2D eigenvalue weighted by Gasteiger charge is -2.34. The van der Waals surface area contributed by atoms with Gasteiger partial charge in [-0.05, 0) is 24.3 Å². The Labute approximate surface area is 156 Å². The summed E-state index contributed by atoms with van der Waals surface area (Å²) in [4.78, 5) is 21.7. The van der Waals surface area contributed by atoms with Crippen LogP contribution < -0.4 is 10.2 Å². The summed E-state index contributed by atoms with van der Waals surface area (Å²) in [6, 6.07) is 6.06. The molecule has 3 rings (SSSR count). The zero-order valence-corrected chi connectivity index (χ0v) is 15.4. The molecule has 2 aromatic rings. The van der Waals surface area contributed by atoms with Gasteiger partial charge in [-0.2, -0.15) is 4.31 Å². The molecule has 0 aliphatic carbocycles. The Morgan fingerprint density at radius 3 is 2.38 bits per heavy atom. The lowest BCUT2D eigenvalue weighted by atomic mass is 10.3. The predicted octanol–water partition coefficient (Wildman–Crippen LogP) is 1.16. The van der Waals surface area contributed by atoms with Gasteiger partial charge >= 0.3 is 0 Å². The topological polar surface area (TPSA) is 95.5 Å². The highest BCUT2D eigenvalue weighted by atomic mass is 35.5. The van der Waals surface area contributed by atoms with Crippen LogP contribution in [0.3, 0.4) is 0 Å². The number of carbonyl (C=O) groups is 1. The van der Waals surface area contributed by atoms with Crippen molar-refractivity contribution in [2.24, 2.45) is 0 Å². The number of nitrogens with zero attached hydrogens (tertiary/aromatic N) is 4. The zero-order valence-electron chi connectivity index (χ0n) is 13.9. The second-order valence-electron chi connectivity index (χ2n) is 5.66. The number of rotatable bonds is 5. The molecule has 1 aliphatic heterocycles. The van der Waals surface area contributed by atoms with Crippen molar-refractivity contribution in [1.82, 2.24) is 14.3 Å². The van der Waals surface area contributed by atoms with E-state index in [2.05, 4.69) is 15.3 Å². The number of nitrogens with one attached hydrogen (secondary N) is 1. The molecule has 0 unspecified atom stereocenters. The van der Waals surface area contributed by atoms with Crippen LogP contribution in [0.15, 0.2) is 47.8 Å². The molecule has 0 saturated carbocycles. The molecule has 1 saturated heterocycles. The number of carbonyl (C=O) groups excluding carboxylic acids is 1. The Balaban J connectivity index is 1.66. The number of alkyl halides is 1. The average Bonchev–Trinajstić information content (AvgIpc) is 2.69. The van der Waals surface area contributed by atoms with Crippen molar-refractivity contribution < 1.29 is 13.2 Å². The third-order valence-electron chi connectivity index (χ3n) is 4.01. The van der Waals surface area contributed by atoms with Gasteiger partial charge in [0, 0.05) is 44.3 Å². The zero-order chi connectivity index (χ0) is 18.6. The number of halogens is 1. The molecule has 1 aromatic heterocycles. The van der Waals surface area contributed by atoms with Crippen LogP contribution >= 0.6 is 11.6 Å². The SMILES string of the molecule is O=C(CCl)Nc1ccc(S(=O)(=O)N2CCN(c3cnccn3)CC2)cc1. The summed E-state index contributed by atoms with van der Waals surface area (Å²) in [5.41, 5.74) is 0.502. The largest absolute Gasteiger partial charge is 0.353 e. The van der Waals surface area contributed by atoms with E-state index >= 15 is 0 Å². The van der Waals surface area contributed by atoms with Gasteiger partial charge in [-0.25, -0.2) is 13.4 Å². The third kappa shape index (κ3) is 4.12. The molecule has 1 N–H and O–H groups in total. The highest BCUT2D eigenvalue weighted by Gasteiger charge is 2.28. The average molecular weight is 396 g/mol. The van der Waals surface area contributed by atoms with E-state index in [1.807, 2.05) is 4.90 Å². The summed E-state index contributed by atoms with van der Waals surface area (Å²) < 4.78 is 27.0. The van der Waals surface area contributed by atoms with Crippen LogP contribution in [0.1, 0.15) is 0 Å². The molecule has 10 heteroatoms. The lowest BCUT2D eigenvalue weighted by molar-refractivity contribution is -0.113. The van der Waals surface area contributed by atoms with E-state index in [-0.39, 0.29) is 16.7 Å². The Bertz CT molecular complexity index is 853. The molecule has 0 bridgehead atoms. The first-order valence-electron chi connectivity index (χ1n) is 7.98. The van der Waals surface area contributed by atoms with E-state index in [1.54, 1.807) is 30.7 Å². The maximum absolute atomic E-state index is 12.8. The smallest absolute Gasteiger partial charge is 0.243 e. The minimum absolute atomic E-state index is 0.157. The van der Waals surface area contributed by atoms with Gasteiger partial charge in [0.05, 0.1) is 11.1 Å². The Hall–Kier alpha value is -2.23. The summed E-state index contributed by atoms with van der Waals surface area (Å²) in [5.74, 6) is 0.238. The summed E-state index contributed by atoms with van der Waals surface area (Å²) >= 11 is 5.44. The van der Waals surface area contributed by atoms with E-state index in [1.165, 1.54) is 16.4 Å². The number of hydrogen-bond acceptors (Lipinski definition) is 6. The minimum Gasteiger partial charge on any atom is -0.353 e. The monoisotopic (exact) mass is 395 g/mol. The van der Waals surface area contributed by atoms with E-state index in [0.717, 1.165) is 5.82 Å². The van der Waals surface area contributed by atoms with Crippen LogP contribution in [-0.2, 0) is 14.8 Å². The van der Waals surface area contributed by atoms with Crippen molar-refractivity contribution in [3.05, 3.63) is 42.9 Å². The first-order chi connectivity index (χ1) is 12.5. The molecule has 138 valence electrons. The Morgan fingerprint density at radius 2 is 1.81 bits per heavy atom. The number of aromatic nitrogens is 2. The van der Waals surface area contributed by atoms with Crippen LogP contribution in [0, 0.1) is 0 Å². The molecular weight excluding hydrogens is 378 g/mol. The Kier molecular flexibility index (Phi) is 5.70. The van der Waals surface area contributed by atoms with Gasteiger partial charge in [-0.1, -0.05) is 0 Å². The lowest BCUT2D eigenvalue weighted by Crippen LogP contribution is -2.48. The van der Waals surface area contributed by atoms with Crippen LogP contribution in [-0.4, -0.2) is 60.7 Å². The van der Waals surface area contributed by atoms with Gasteiger partial charge in [0.2, 0.25) is 15.9 Å². The van der Waals surface area contributed by atoms with Crippen molar-refractivity contribution in [3.8, 4) is 0 Å². The van der Waals surface area contributed by atoms with Crippen molar-refractivity contribution in [1.29, 1.82) is 0 Å². The number of hydrogen-bond donors (Lipinski definition) is 1. The molecule has 1 fully saturated rings. The van der Waals surface area contributed by atoms with Gasteiger partial charge in [0.1, 0.15) is 11.7 Å². The molecule has 1 aromatic carbocycles. The normalized spacial score (nSPS) is 15.7. The summed E-state index contributed by atoms with van der Waals surface area (Å²) in [6.07, 6.45) is 4.88. The van der Waals surface area contributed by atoms with Crippen LogP contribution in [0.5, 0.6) is 0 Å². The highest BCUT2D eigenvalue weighted by molar-refractivity contribution is 7.89. The second kappa shape index (κ2) is 7.98. The van der Waals surface area contributed by atoms with E-state index in [4.69, 9.17) is 11.6 Å². The van der Waals surface area contributed by atoms with Crippen molar-refractivity contribution in [3.63, 3.8) is 0 Å². The van der Waals surface area contributed by atoms with Crippen LogP contribution in [0.2, 0.25) is 0 Å². The van der Waals surface area contributed by atoms with Gasteiger partial charge in [-0.3, -0.25) is 9.78 Å². The molecule has 0 atom stereocenters. The molecule has 0 radical (unpaired) electrons. The molecule has 2 heterocycles. The van der Waals surface area contributed by atoms with Gasteiger partial charge < -0.3 is 10.2 Å².